The Morgan fingerprint density at radius 2 is 1.75 bits per heavy atom. The molecule has 1 rings (SSSR count). The van der Waals surface area contributed by atoms with Crippen LogP contribution in [0.4, 0.5) is 0 Å². The fourth-order valence-electron chi connectivity index (χ4n) is 2.32. The van der Waals surface area contributed by atoms with E-state index in [4.69, 9.17) is 0 Å². The first-order chi connectivity index (χ1) is 9.02. The monoisotopic (exact) mass is 396 g/mol. The molecule has 2 atom stereocenters. The molecule has 0 saturated carbocycles. The molecule has 0 aromatic rings. The molecule has 120 valence electrons. The molecule has 2 N–H and O–H groups in total. The molecule has 1 saturated heterocycles. The number of aliphatic imine (C=N–C) groups is 1. The summed E-state index contributed by atoms with van der Waals surface area (Å²) in [4.78, 5) is 6.86. The van der Waals surface area contributed by atoms with Gasteiger partial charge >= 0.3 is 0 Å². The van der Waals surface area contributed by atoms with Gasteiger partial charge in [-0.25, -0.2) is 0 Å². The maximum absolute atomic E-state index is 4.30. The number of halogens is 1. The molecule has 5 heteroatoms. The third kappa shape index (κ3) is 7.67. The quantitative estimate of drug-likeness (QED) is 0.412. The Labute approximate surface area is 142 Å². The van der Waals surface area contributed by atoms with Gasteiger partial charge in [-0.05, 0) is 44.7 Å². The third-order valence-corrected chi connectivity index (χ3v) is 3.97. The van der Waals surface area contributed by atoms with Crippen LogP contribution in [0.2, 0.25) is 0 Å². The summed E-state index contributed by atoms with van der Waals surface area (Å²) in [5, 5.41) is 6.88. The predicted octanol–water partition coefficient (Wildman–Crippen LogP) is 2.55. The van der Waals surface area contributed by atoms with E-state index in [9.17, 15) is 0 Å². The largest absolute Gasteiger partial charge is 0.356 e. The van der Waals surface area contributed by atoms with Crippen molar-refractivity contribution in [1.29, 1.82) is 0 Å². The van der Waals surface area contributed by atoms with Crippen LogP contribution in [-0.4, -0.2) is 50.1 Å². The van der Waals surface area contributed by atoms with Gasteiger partial charge in [-0.15, -0.1) is 24.0 Å². The minimum Gasteiger partial charge on any atom is -0.356 e. The van der Waals surface area contributed by atoms with E-state index in [2.05, 4.69) is 48.2 Å². The number of guanidine groups is 1. The van der Waals surface area contributed by atoms with Gasteiger partial charge < -0.3 is 15.5 Å². The molecule has 1 aliphatic rings. The zero-order valence-electron chi connectivity index (χ0n) is 13.8. The minimum absolute atomic E-state index is 0. The maximum atomic E-state index is 4.30. The second-order valence-electron chi connectivity index (χ2n) is 6.24. The number of likely N-dealkylation sites (tertiary alicyclic amines) is 1. The molecule has 20 heavy (non-hydrogen) atoms. The highest BCUT2D eigenvalue weighted by Crippen LogP contribution is 2.09. The van der Waals surface area contributed by atoms with E-state index in [1.54, 1.807) is 0 Å². The number of nitrogens with zero attached hydrogens (tertiary/aromatic N) is 2. The Balaban J connectivity index is 0.00000361. The molecule has 0 amide bonds. The number of nitrogens with one attached hydrogen (secondary N) is 2. The van der Waals surface area contributed by atoms with E-state index in [0.29, 0.717) is 17.9 Å². The van der Waals surface area contributed by atoms with E-state index >= 15 is 0 Å². The Morgan fingerprint density at radius 3 is 2.25 bits per heavy atom. The van der Waals surface area contributed by atoms with Gasteiger partial charge in [0, 0.05) is 26.2 Å². The average Bonchev–Trinajstić information content (AvgIpc) is 2.86. The fourth-order valence-corrected chi connectivity index (χ4v) is 2.32. The normalized spacial score (nSPS) is 19.6. The summed E-state index contributed by atoms with van der Waals surface area (Å²) in [6, 6.07) is 0.445. The molecule has 1 fully saturated rings. The van der Waals surface area contributed by atoms with Crippen LogP contribution in [0.25, 0.3) is 0 Å². The Morgan fingerprint density at radius 1 is 1.15 bits per heavy atom. The van der Waals surface area contributed by atoms with Gasteiger partial charge in [-0.2, -0.15) is 0 Å². The van der Waals surface area contributed by atoms with Gasteiger partial charge in [-0.3, -0.25) is 4.99 Å². The highest BCUT2D eigenvalue weighted by Gasteiger charge is 2.15. The number of hydrogen-bond acceptors (Lipinski definition) is 2. The average molecular weight is 396 g/mol. The Hall–Kier alpha value is -0.0400. The van der Waals surface area contributed by atoms with Crippen molar-refractivity contribution in [3.8, 4) is 0 Å². The summed E-state index contributed by atoms with van der Waals surface area (Å²) in [5.74, 6) is 2.20. The van der Waals surface area contributed by atoms with Crippen LogP contribution in [0, 0.1) is 11.8 Å². The van der Waals surface area contributed by atoms with Crippen molar-refractivity contribution in [2.24, 2.45) is 16.8 Å². The summed E-state index contributed by atoms with van der Waals surface area (Å²) in [6.45, 7) is 13.7. The van der Waals surface area contributed by atoms with Crippen molar-refractivity contribution in [2.45, 2.75) is 46.6 Å². The molecule has 1 aliphatic heterocycles. The molecule has 2 unspecified atom stereocenters. The lowest BCUT2D eigenvalue weighted by Gasteiger charge is -2.24. The highest BCUT2D eigenvalue weighted by atomic mass is 127. The third-order valence-electron chi connectivity index (χ3n) is 3.97. The minimum atomic E-state index is 0. The second kappa shape index (κ2) is 10.7. The van der Waals surface area contributed by atoms with Crippen LogP contribution in [0.3, 0.4) is 0 Å². The topological polar surface area (TPSA) is 39.7 Å². The summed E-state index contributed by atoms with van der Waals surface area (Å²) >= 11 is 0. The summed E-state index contributed by atoms with van der Waals surface area (Å²) in [5.41, 5.74) is 0. The van der Waals surface area contributed by atoms with E-state index in [0.717, 1.165) is 12.5 Å². The zero-order valence-corrected chi connectivity index (χ0v) is 16.1. The Kier molecular flexibility index (Phi) is 10.6. The lowest BCUT2D eigenvalue weighted by Crippen LogP contribution is -2.46. The summed E-state index contributed by atoms with van der Waals surface area (Å²) in [6.07, 6.45) is 2.74. The predicted molar refractivity (Wildman–Crippen MR) is 99.1 cm³/mol. The van der Waals surface area contributed by atoms with E-state index in [-0.39, 0.29) is 24.0 Å². The molecular weight excluding hydrogens is 363 g/mol. The molecular formula is C15H33IN4. The van der Waals surface area contributed by atoms with Crippen molar-refractivity contribution in [3.63, 3.8) is 0 Å². The van der Waals surface area contributed by atoms with Gasteiger partial charge in [-0.1, -0.05) is 20.8 Å². The van der Waals surface area contributed by atoms with Gasteiger partial charge in [0.1, 0.15) is 0 Å². The first kappa shape index (κ1) is 20.0. The lowest BCUT2D eigenvalue weighted by atomic mass is 10.1. The number of hydrogen-bond donors (Lipinski definition) is 2. The van der Waals surface area contributed by atoms with Crippen LogP contribution in [-0.2, 0) is 0 Å². The van der Waals surface area contributed by atoms with Crippen molar-refractivity contribution in [2.75, 3.05) is 33.2 Å². The zero-order chi connectivity index (χ0) is 14.3. The molecule has 0 spiro atoms. The molecule has 0 radical (unpaired) electrons. The van der Waals surface area contributed by atoms with Crippen molar-refractivity contribution < 1.29 is 0 Å². The highest BCUT2D eigenvalue weighted by molar-refractivity contribution is 14.0. The van der Waals surface area contributed by atoms with Crippen molar-refractivity contribution in [3.05, 3.63) is 0 Å². The first-order valence-electron chi connectivity index (χ1n) is 7.72. The fraction of sp³-hybridized carbons (Fsp3) is 0.933. The van der Waals surface area contributed by atoms with Crippen LogP contribution < -0.4 is 10.6 Å². The maximum Gasteiger partial charge on any atom is 0.191 e. The first-order valence-corrected chi connectivity index (χ1v) is 7.72. The molecule has 1 heterocycles. The van der Waals surface area contributed by atoms with E-state index < -0.39 is 0 Å². The van der Waals surface area contributed by atoms with Crippen molar-refractivity contribution >= 4 is 29.9 Å². The summed E-state index contributed by atoms with van der Waals surface area (Å²) in [7, 11) is 1.84. The molecule has 0 aromatic heterocycles. The van der Waals surface area contributed by atoms with E-state index in [1.165, 1.54) is 32.5 Å². The number of rotatable bonds is 6. The van der Waals surface area contributed by atoms with Gasteiger partial charge in [0.25, 0.3) is 0 Å². The van der Waals surface area contributed by atoms with Crippen molar-refractivity contribution in [1.82, 2.24) is 15.5 Å². The second-order valence-corrected chi connectivity index (χ2v) is 6.24. The van der Waals surface area contributed by atoms with Crippen LogP contribution in [0.5, 0.6) is 0 Å². The molecule has 4 nitrogen and oxygen atoms in total. The van der Waals surface area contributed by atoms with Gasteiger partial charge in [0.15, 0.2) is 5.96 Å². The van der Waals surface area contributed by atoms with E-state index in [1.807, 2.05) is 7.05 Å². The molecule has 0 aliphatic carbocycles. The van der Waals surface area contributed by atoms with Crippen LogP contribution >= 0.6 is 24.0 Å². The SMILES string of the molecule is CN=C(NCC(C)CN1CCCC1)NC(C)C(C)C.I. The molecule has 0 aromatic carbocycles. The van der Waals surface area contributed by atoms with Gasteiger partial charge in [0.05, 0.1) is 0 Å². The van der Waals surface area contributed by atoms with Gasteiger partial charge in [0.2, 0.25) is 0 Å². The van der Waals surface area contributed by atoms with Crippen LogP contribution in [0.15, 0.2) is 4.99 Å². The smallest absolute Gasteiger partial charge is 0.191 e. The standard InChI is InChI=1S/C15H32N4.HI/c1-12(2)14(4)18-15(16-5)17-10-13(3)11-19-8-6-7-9-19;/h12-14H,6-11H2,1-5H3,(H2,16,17,18);1H. The Bertz CT molecular complexity index is 275. The summed E-state index contributed by atoms with van der Waals surface area (Å²) < 4.78 is 0. The lowest BCUT2D eigenvalue weighted by molar-refractivity contribution is 0.287. The molecule has 0 bridgehead atoms. The van der Waals surface area contributed by atoms with Crippen LogP contribution in [0.1, 0.15) is 40.5 Å².